The second-order valence-corrected chi connectivity index (χ2v) is 8.26. The molecule has 0 spiro atoms. The zero-order valence-corrected chi connectivity index (χ0v) is 19.2. The number of nitrogens with one attached hydrogen (secondary N) is 2. The molecule has 0 aromatic heterocycles. The second-order valence-electron chi connectivity index (χ2n) is 6.34. The van der Waals surface area contributed by atoms with E-state index in [2.05, 4.69) is 27.4 Å². The lowest BCUT2D eigenvalue weighted by Gasteiger charge is -2.30. The molecule has 1 aliphatic heterocycles. The third kappa shape index (κ3) is 8.69. The molecule has 27 heavy (non-hydrogen) atoms. The van der Waals surface area contributed by atoms with Gasteiger partial charge >= 0.3 is 15.5 Å². The highest BCUT2D eigenvalue weighted by Gasteiger charge is 2.50. The predicted molar refractivity (Wildman–Crippen MR) is 112 cm³/mol. The van der Waals surface area contributed by atoms with Gasteiger partial charge in [0.05, 0.1) is 0 Å². The maximum absolute atomic E-state index is 12.6. The minimum absolute atomic E-state index is 0. The van der Waals surface area contributed by atoms with Crippen LogP contribution in [-0.4, -0.2) is 82.0 Å². The van der Waals surface area contributed by atoms with Gasteiger partial charge in [-0.3, -0.25) is 4.99 Å². The number of sulfonamides is 1. The summed E-state index contributed by atoms with van der Waals surface area (Å²) in [4.78, 5) is 6.64. The molecule has 0 atom stereocenters. The quantitative estimate of drug-likeness (QED) is 0.284. The summed E-state index contributed by atoms with van der Waals surface area (Å²) in [7, 11) is -3.20. The largest absolute Gasteiger partial charge is 0.511 e. The van der Waals surface area contributed by atoms with Crippen molar-refractivity contribution in [1.29, 1.82) is 0 Å². The fourth-order valence-electron chi connectivity index (χ4n) is 2.56. The van der Waals surface area contributed by atoms with Crippen LogP contribution in [0, 0.1) is 5.92 Å². The van der Waals surface area contributed by atoms with Crippen molar-refractivity contribution in [2.45, 2.75) is 32.2 Å². The Hall–Kier alpha value is -0.340. The Kier molecular flexibility index (Phi) is 12.1. The van der Waals surface area contributed by atoms with Crippen molar-refractivity contribution in [2.75, 3.05) is 52.9 Å². The average Bonchev–Trinajstić information content (AvgIpc) is 2.58. The number of rotatable bonds is 8. The molecule has 12 heteroatoms. The Balaban J connectivity index is 0.00000676. The van der Waals surface area contributed by atoms with Gasteiger partial charge in [0.1, 0.15) is 0 Å². The third-order valence-corrected chi connectivity index (χ3v) is 6.01. The van der Waals surface area contributed by atoms with Crippen molar-refractivity contribution in [3.8, 4) is 0 Å². The Bertz CT molecular complexity index is 552. The monoisotopic (exact) mass is 529 g/mol. The molecule has 1 saturated heterocycles. The zero-order valence-electron chi connectivity index (χ0n) is 16.0. The third-order valence-electron chi connectivity index (χ3n) is 4.38. The van der Waals surface area contributed by atoms with Gasteiger partial charge < -0.3 is 15.5 Å². The lowest BCUT2D eigenvalue weighted by molar-refractivity contribution is -0.0496. The van der Waals surface area contributed by atoms with Crippen LogP contribution in [0.15, 0.2) is 4.99 Å². The normalized spacial score (nSPS) is 17.7. The van der Waals surface area contributed by atoms with Gasteiger partial charge in [-0.05, 0) is 39.3 Å². The highest BCUT2D eigenvalue weighted by Crippen LogP contribution is 2.30. The minimum Gasteiger partial charge on any atom is -0.357 e. The first kappa shape index (κ1) is 26.7. The fraction of sp³-hybridized carbons (Fsp3) is 0.933. The molecule has 0 aromatic carbocycles. The molecular formula is C15H31F3IN5O2S. The molecular weight excluding hydrogens is 498 g/mol. The molecule has 1 heterocycles. The van der Waals surface area contributed by atoms with Crippen molar-refractivity contribution < 1.29 is 21.6 Å². The summed E-state index contributed by atoms with van der Waals surface area (Å²) < 4.78 is 61.1. The van der Waals surface area contributed by atoms with Crippen molar-refractivity contribution >= 4 is 40.0 Å². The van der Waals surface area contributed by atoms with Gasteiger partial charge in [-0.25, -0.2) is 8.42 Å². The number of halogens is 4. The van der Waals surface area contributed by atoms with Gasteiger partial charge in [-0.15, -0.1) is 24.0 Å². The number of hydrogen-bond donors (Lipinski definition) is 2. The SMILES string of the molecule is CCNC(=NCC1CCN(S(=O)(=O)C(F)(F)F)CC1)NCCN(C)CC.I. The summed E-state index contributed by atoms with van der Waals surface area (Å²) in [5, 5.41) is 6.35. The van der Waals surface area contributed by atoms with Gasteiger partial charge in [0.25, 0.3) is 0 Å². The van der Waals surface area contributed by atoms with Crippen molar-refractivity contribution in [1.82, 2.24) is 19.8 Å². The number of likely N-dealkylation sites (N-methyl/N-ethyl adjacent to an activating group) is 1. The van der Waals surface area contributed by atoms with Crippen molar-refractivity contribution in [3.63, 3.8) is 0 Å². The lowest BCUT2D eigenvalue weighted by atomic mass is 9.98. The molecule has 0 unspecified atom stereocenters. The molecule has 0 bridgehead atoms. The number of alkyl halides is 3. The van der Waals surface area contributed by atoms with E-state index < -0.39 is 15.5 Å². The molecule has 0 aliphatic carbocycles. The molecule has 0 aromatic rings. The number of nitrogens with zero attached hydrogens (tertiary/aromatic N) is 3. The lowest BCUT2D eigenvalue weighted by Crippen LogP contribution is -2.45. The van der Waals surface area contributed by atoms with Gasteiger partial charge in [0.2, 0.25) is 0 Å². The smallest absolute Gasteiger partial charge is 0.357 e. The van der Waals surface area contributed by atoms with E-state index in [1.165, 1.54) is 0 Å². The summed E-state index contributed by atoms with van der Waals surface area (Å²) in [6.45, 7) is 7.51. The van der Waals surface area contributed by atoms with E-state index in [4.69, 9.17) is 0 Å². The van der Waals surface area contributed by atoms with Gasteiger partial charge in [-0.2, -0.15) is 17.5 Å². The summed E-state index contributed by atoms with van der Waals surface area (Å²) in [6.07, 6.45) is 0.744. The Morgan fingerprint density at radius 2 is 1.81 bits per heavy atom. The first-order chi connectivity index (χ1) is 12.1. The van der Waals surface area contributed by atoms with Gasteiger partial charge in [0.15, 0.2) is 5.96 Å². The highest BCUT2D eigenvalue weighted by molar-refractivity contribution is 14.0. The van der Waals surface area contributed by atoms with Crippen molar-refractivity contribution in [2.24, 2.45) is 10.9 Å². The summed E-state index contributed by atoms with van der Waals surface area (Å²) in [5.41, 5.74) is -5.23. The number of hydrogen-bond acceptors (Lipinski definition) is 4. The minimum atomic E-state index is -5.23. The number of aliphatic imine (C=N–C) groups is 1. The average molecular weight is 529 g/mol. The number of guanidine groups is 1. The van der Waals surface area contributed by atoms with E-state index in [0.29, 0.717) is 36.2 Å². The van der Waals surface area contributed by atoms with Crippen LogP contribution >= 0.6 is 24.0 Å². The molecule has 0 saturated carbocycles. The van der Waals surface area contributed by atoms with Crippen LogP contribution in [0.25, 0.3) is 0 Å². The molecule has 162 valence electrons. The maximum Gasteiger partial charge on any atom is 0.511 e. The van der Waals surface area contributed by atoms with E-state index in [1.54, 1.807) is 0 Å². The standard InChI is InChI=1S/C15H30F3N5O2S.HI/c1-4-19-14(20-8-11-22(3)5-2)21-12-13-6-9-23(10-7-13)26(24,25)15(16,17)18;/h13H,4-12H2,1-3H3,(H2,19,20,21);1H. The molecule has 1 aliphatic rings. The Morgan fingerprint density at radius 3 is 2.30 bits per heavy atom. The summed E-state index contributed by atoms with van der Waals surface area (Å²) in [6, 6.07) is 0. The van der Waals surface area contributed by atoms with Crippen LogP contribution in [0.4, 0.5) is 13.2 Å². The van der Waals surface area contributed by atoms with Crippen LogP contribution < -0.4 is 10.6 Å². The van der Waals surface area contributed by atoms with Gasteiger partial charge in [0, 0.05) is 39.3 Å². The molecule has 1 rings (SSSR count). The fourth-order valence-corrected chi connectivity index (χ4v) is 3.55. The molecule has 7 nitrogen and oxygen atoms in total. The van der Waals surface area contributed by atoms with E-state index in [9.17, 15) is 21.6 Å². The second kappa shape index (κ2) is 12.3. The van der Waals surface area contributed by atoms with Gasteiger partial charge in [-0.1, -0.05) is 6.92 Å². The molecule has 2 N–H and O–H groups in total. The van der Waals surface area contributed by atoms with Crippen LogP contribution in [0.2, 0.25) is 0 Å². The van der Waals surface area contributed by atoms with E-state index in [-0.39, 0.29) is 43.0 Å². The molecule has 0 radical (unpaired) electrons. The van der Waals surface area contributed by atoms with E-state index in [1.807, 2.05) is 14.0 Å². The summed E-state index contributed by atoms with van der Waals surface area (Å²) in [5.74, 6) is 0.741. The van der Waals surface area contributed by atoms with Crippen molar-refractivity contribution in [3.05, 3.63) is 0 Å². The molecule has 1 fully saturated rings. The Morgan fingerprint density at radius 1 is 1.22 bits per heavy atom. The van der Waals surface area contributed by atoms with E-state index >= 15 is 0 Å². The van der Waals surface area contributed by atoms with Crippen LogP contribution in [-0.2, 0) is 10.0 Å². The van der Waals surface area contributed by atoms with Crippen LogP contribution in [0.3, 0.4) is 0 Å². The number of piperidine rings is 1. The first-order valence-corrected chi connectivity index (χ1v) is 10.3. The summed E-state index contributed by atoms with van der Waals surface area (Å²) >= 11 is 0. The first-order valence-electron chi connectivity index (χ1n) is 8.89. The maximum atomic E-state index is 12.6. The topological polar surface area (TPSA) is 77.0 Å². The van der Waals surface area contributed by atoms with Crippen LogP contribution in [0.1, 0.15) is 26.7 Å². The zero-order chi connectivity index (χ0) is 19.8. The highest BCUT2D eigenvalue weighted by atomic mass is 127. The molecule has 0 amide bonds. The Labute approximate surface area is 177 Å². The van der Waals surface area contributed by atoms with Crippen LogP contribution in [0.5, 0.6) is 0 Å². The predicted octanol–water partition coefficient (Wildman–Crippen LogP) is 1.67. The van der Waals surface area contributed by atoms with E-state index in [0.717, 1.165) is 19.6 Å².